The summed E-state index contributed by atoms with van der Waals surface area (Å²) in [6.45, 7) is 0.566. The number of nitrogens with zero attached hydrogens (tertiary/aromatic N) is 3. The summed E-state index contributed by atoms with van der Waals surface area (Å²) in [6.07, 6.45) is 0.550. The number of nitrogens with one attached hydrogen (secondary N) is 1. The van der Waals surface area contributed by atoms with E-state index >= 15 is 0 Å². The van der Waals surface area contributed by atoms with Gasteiger partial charge in [-0.2, -0.15) is 0 Å². The first kappa shape index (κ1) is 12.3. The molecule has 6 nitrogen and oxygen atoms in total. The van der Waals surface area contributed by atoms with Gasteiger partial charge in [-0.3, -0.25) is 0 Å². The number of hydrogen-bond acceptors (Lipinski definition) is 7. The number of para-hydroxylation sites is 1. The average molecular weight is 300 g/mol. The smallest absolute Gasteiger partial charge is 0.315 e. The molecule has 0 saturated heterocycles. The Bertz CT molecular complexity index is 716. The maximum absolute atomic E-state index is 5.82. The van der Waals surface area contributed by atoms with Gasteiger partial charge in [0.1, 0.15) is 5.75 Å². The maximum Gasteiger partial charge on any atom is 0.315 e. The van der Waals surface area contributed by atoms with Crippen LogP contribution in [0, 0.1) is 0 Å². The summed E-state index contributed by atoms with van der Waals surface area (Å²) in [6, 6.07) is 8.34. The molecule has 1 aliphatic heterocycles. The minimum Gasteiger partial charge on any atom is -0.480 e. The van der Waals surface area contributed by atoms with Crippen LogP contribution in [-0.2, 0) is 13.0 Å². The van der Waals surface area contributed by atoms with Crippen molar-refractivity contribution in [2.45, 2.75) is 19.1 Å². The summed E-state index contributed by atoms with van der Waals surface area (Å²) < 4.78 is 11.4. The van der Waals surface area contributed by atoms with E-state index in [0.717, 1.165) is 23.4 Å². The molecule has 4 rings (SSSR count). The zero-order valence-corrected chi connectivity index (χ0v) is 11.8. The van der Waals surface area contributed by atoms with Crippen LogP contribution in [0.4, 0.5) is 6.01 Å². The van der Waals surface area contributed by atoms with Crippen LogP contribution >= 0.6 is 11.3 Å². The van der Waals surface area contributed by atoms with Crippen molar-refractivity contribution in [3.05, 3.63) is 52.3 Å². The zero-order valence-electron chi connectivity index (χ0n) is 11.0. The number of benzene rings is 1. The van der Waals surface area contributed by atoms with Gasteiger partial charge in [0.05, 0.1) is 17.7 Å². The van der Waals surface area contributed by atoms with Crippen LogP contribution in [0.3, 0.4) is 0 Å². The number of thiazole rings is 1. The quantitative estimate of drug-likeness (QED) is 0.798. The van der Waals surface area contributed by atoms with E-state index in [0.29, 0.717) is 18.5 Å². The SMILES string of the molecule is c1ccc2c(c1)C[C@H](c1nnc(NCc3cscn3)o1)O2. The summed E-state index contributed by atoms with van der Waals surface area (Å²) in [5, 5.41) is 13.1. The second kappa shape index (κ2) is 5.17. The van der Waals surface area contributed by atoms with Crippen LogP contribution in [-0.4, -0.2) is 15.2 Å². The predicted molar refractivity (Wildman–Crippen MR) is 77.3 cm³/mol. The topological polar surface area (TPSA) is 73.1 Å². The van der Waals surface area contributed by atoms with Crippen molar-refractivity contribution in [3.63, 3.8) is 0 Å². The van der Waals surface area contributed by atoms with Crippen LogP contribution in [0.15, 0.2) is 39.6 Å². The van der Waals surface area contributed by atoms with E-state index in [1.165, 1.54) is 0 Å². The fraction of sp³-hybridized carbons (Fsp3) is 0.214. The van der Waals surface area contributed by atoms with Crippen LogP contribution in [0.1, 0.15) is 23.3 Å². The molecular formula is C14H12N4O2S. The Kier molecular flexibility index (Phi) is 3.04. The summed E-state index contributed by atoms with van der Waals surface area (Å²) in [7, 11) is 0. The van der Waals surface area contributed by atoms with Crippen molar-refractivity contribution in [2.24, 2.45) is 0 Å². The first-order chi connectivity index (χ1) is 10.4. The third-order valence-corrected chi connectivity index (χ3v) is 3.90. The van der Waals surface area contributed by atoms with Crippen molar-refractivity contribution in [1.29, 1.82) is 0 Å². The molecule has 2 aromatic heterocycles. The van der Waals surface area contributed by atoms with Gasteiger partial charge in [-0.1, -0.05) is 23.3 Å². The Morgan fingerprint density at radius 3 is 3.10 bits per heavy atom. The molecule has 0 amide bonds. The largest absolute Gasteiger partial charge is 0.480 e. The van der Waals surface area contributed by atoms with Gasteiger partial charge in [-0.15, -0.1) is 16.4 Å². The predicted octanol–water partition coefficient (Wildman–Crippen LogP) is 2.81. The molecule has 0 saturated carbocycles. The summed E-state index contributed by atoms with van der Waals surface area (Å²) in [4.78, 5) is 4.18. The lowest BCUT2D eigenvalue weighted by Gasteiger charge is -2.04. The van der Waals surface area contributed by atoms with Gasteiger partial charge in [-0.05, 0) is 11.6 Å². The lowest BCUT2D eigenvalue weighted by molar-refractivity contribution is 0.199. The lowest BCUT2D eigenvalue weighted by Crippen LogP contribution is -2.03. The van der Waals surface area contributed by atoms with E-state index in [2.05, 4.69) is 20.5 Å². The fourth-order valence-corrected chi connectivity index (χ4v) is 2.81. The molecule has 0 unspecified atom stereocenters. The van der Waals surface area contributed by atoms with Crippen molar-refractivity contribution in [2.75, 3.05) is 5.32 Å². The van der Waals surface area contributed by atoms with E-state index in [1.54, 1.807) is 16.8 Å². The number of hydrogen-bond donors (Lipinski definition) is 1. The third-order valence-electron chi connectivity index (χ3n) is 3.27. The van der Waals surface area contributed by atoms with Crippen molar-refractivity contribution in [3.8, 4) is 5.75 Å². The molecule has 0 radical (unpaired) electrons. The molecule has 0 fully saturated rings. The Hall–Kier alpha value is -2.41. The van der Waals surface area contributed by atoms with E-state index in [4.69, 9.17) is 9.15 Å². The number of aromatic nitrogens is 3. The van der Waals surface area contributed by atoms with Gasteiger partial charge in [0.2, 0.25) is 0 Å². The molecule has 3 aromatic rings. The Morgan fingerprint density at radius 2 is 2.24 bits per heavy atom. The maximum atomic E-state index is 5.82. The van der Waals surface area contributed by atoms with Crippen LogP contribution in [0.2, 0.25) is 0 Å². The molecule has 1 aromatic carbocycles. The van der Waals surface area contributed by atoms with Crippen LogP contribution in [0.5, 0.6) is 5.75 Å². The molecule has 1 aliphatic rings. The first-order valence-corrected chi connectivity index (χ1v) is 7.51. The van der Waals surface area contributed by atoms with Crippen molar-refractivity contribution < 1.29 is 9.15 Å². The second-order valence-corrected chi connectivity index (χ2v) is 5.42. The molecule has 21 heavy (non-hydrogen) atoms. The third kappa shape index (κ3) is 2.47. The van der Waals surface area contributed by atoms with Gasteiger partial charge in [-0.25, -0.2) is 4.98 Å². The van der Waals surface area contributed by atoms with E-state index < -0.39 is 0 Å². The molecule has 1 atom stereocenters. The molecular weight excluding hydrogens is 288 g/mol. The first-order valence-electron chi connectivity index (χ1n) is 6.57. The van der Waals surface area contributed by atoms with Crippen LogP contribution in [0.25, 0.3) is 0 Å². The number of anilines is 1. The molecule has 3 heterocycles. The van der Waals surface area contributed by atoms with Gasteiger partial charge in [0.15, 0.2) is 6.10 Å². The van der Waals surface area contributed by atoms with E-state index in [-0.39, 0.29) is 6.10 Å². The Morgan fingerprint density at radius 1 is 1.29 bits per heavy atom. The molecule has 7 heteroatoms. The Balaban J connectivity index is 1.44. The number of ether oxygens (including phenoxy) is 1. The highest BCUT2D eigenvalue weighted by Gasteiger charge is 2.28. The van der Waals surface area contributed by atoms with Gasteiger partial charge in [0, 0.05) is 11.8 Å². The minimum absolute atomic E-state index is 0.204. The summed E-state index contributed by atoms with van der Waals surface area (Å²) in [5.41, 5.74) is 3.90. The highest BCUT2D eigenvalue weighted by molar-refractivity contribution is 7.07. The minimum atomic E-state index is -0.204. The average Bonchev–Trinajstić information content (AvgIpc) is 3.24. The fourth-order valence-electron chi connectivity index (χ4n) is 2.25. The molecule has 0 spiro atoms. The summed E-state index contributed by atoms with van der Waals surface area (Å²) >= 11 is 1.56. The standard InChI is InChI=1S/C14H12N4O2S/c1-2-4-11-9(3-1)5-12(19-11)13-17-18-14(20-13)15-6-10-7-21-8-16-10/h1-4,7-8,12H,5-6H2,(H,15,18)/t12-/m1/s1. The zero-order chi connectivity index (χ0) is 14.1. The van der Waals surface area contributed by atoms with Crippen LogP contribution < -0.4 is 10.1 Å². The highest BCUT2D eigenvalue weighted by atomic mass is 32.1. The van der Waals surface area contributed by atoms with Crippen molar-refractivity contribution in [1.82, 2.24) is 15.2 Å². The number of fused-ring (bicyclic) bond motifs is 1. The van der Waals surface area contributed by atoms with Crippen molar-refractivity contribution >= 4 is 17.4 Å². The monoisotopic (exact) mass is 300 g/mol. The van der Waals surface area contributed by atoms with E-state index in [9.17, 15) is 0 Å². The molecule has 0 aliphatic carbocycles. The molecule has 0 bridgehead atoms. The number of rotatable bonds is 4. The molecule has 106 valence electrons. The normalized spacial score (nSPS) is 16.5. The second-order valence-electron chi connectivity index (χ2n) is 4.70. The lowest BCUT2D eigenvalue weighted by atomic mass is 10.1. The van der Waals surface area contributed by atoms with Gasteiger partial charge < -0.3 is 14.5 Å². The van der Waals surface area contributed by atoms with Gasteiger partial charge in [0.25, 0.3) is 5.89 Å². The van der Waals surface area contributed by atoms with E-state index in [1.807, 2.05) is 29.6 Å². The highest BCUT2D eigenvalue weighted by Crippen LogP contribution is 2.35. The Labute approximate surface area is 124 Å². The summed E-state index contributed by atoms with van der Waals surface area (Å²) in [5.74, 6) is 1.38. The van der Waals surface area contributed by atoms with Gasteiger partial charge >= 0.3 is 6.01 Å². The molecule has 1 N–H and O–H groups in total.